The van der Waals surface area contributed by atoms with Crippen LogP contribution in [0.3, 0.4) is 0 Å². The van der Waals surface area contributed by atoms with Crippen molar-refractivity contribution in [2.24, 2.45) is 5.92 Å². The van der Waals surface area contributed by atoms with E-state index >= 15 is 0 Å². The summed E-state index contributed by atoms with van der Waals surface area (Å²) >= 11 is 0. The third-order valence-corrected chi connectivity index (χ3v) is 7.86. The van der Waals surface area contributed by atoms with Crippen molar-refractivity contribution in [3.8, 4) is 0 Å². The summed E-state index contributed by atoms with van der Waals surface area (Å²) in [7, 11) is -4.10. The number of carbonyl (C=O) groups is 1. The van der Waals surface area contributed by atoms with Gasteiger partial charge in [-0.3, -0.25) is 9.48 Å². The first kappa shape index (κ1) is 22.8. The van der Waals surface area contributed by atoms with Crippen LogP contribution in [0.25, 0.3) is 0 Å². The maximum Gasteiger partial charge on any atom is 0.283 e. The lowest BCUT2D eigenvalue weighted by Gasteiger charge is -2.34. The highest BCUT2D eigenvalue weighted by atomic mass is 32.2. The third kappa shape index (κ3) is 4.14. The quantitative estimate of drug-likeness (QED) is 0.646. The molecule has 2 aliphatic heterocycles. The van der Waals surface area contributed by atoms with Gasteiger partial charge in [0.2, 0.25) is 0 Å². The molecule has 2 aromatic heterocycles. The second-order valence-corrected chi connectivity index (χ2v) is 12.4. The first-order valence-corrected chi connectivity index (χ1v) is 12.7. The van der Waals surface area contributed by atoms with E-state index in [-0.39, 0.29) is 27.6 Å². The first-order chi connectivity index (χ1) is 14.8. The van der Waals surface area contributed by atoms with Gasteiger partial charge in [-0.15, -0.1) is 0 Å². The summed E-state index contributed by atoms with van der Waals surface area (Å²) in [6, 6.07) is 5.01. The molecule has 4 heterocycles. The average molecular weight is 460 g/mol. The zero-order chi connectivity index (χ0) is 23.5. The van der Waals surface area contributed by atoms with Crippen molar-refractivity contribution >= 4 is 21.7 Å². The number of anilines is 1. The summed E-state index contributed by atoms with van der Waals surface area (Å²) in [4.78, 5) is 20.3. The molecule has 8 nitrogen and oxygen atoms in total. The molecule has 2 aliphatic rings. The fraction of sp³-hybridized carbons (Fsp3) is 0.609. The van der Waals surface area contributed by atoms with E-state index in [1.165, 1.54) is 6.07 Å². The van der Waals surface area contributed by atoms with E-state index in [0.717, 1.165) is 31.5 Å². The standard InChI is InChI=1S/C23H33N5O3S/c1-15-7-8-16-13-23(5,6)27(14-16)20-17(9-10-18(24-20)22(2,3)4)21(29)26-32(30,31)19-11-12-28(15)25-19/h9-12,15-16H,7-8,13-14H2,1-6H3,(H,26,29). The lowest BCUT2D eigenvalue weighted by Crippen LogP contribution is -2.41. The second kappa shape index (κ2) is 7.57. The summed E-state index contributed by atoms with van der Waals surface area (Å²) in [5.74, 6) is 0.310. The summed E-state index contributed by atoms with van der Waals surface area (Å²) in [5, 5.41) is 4.09. The molecule has 174 valence electrons. The molecule has 4 bridgehead atoms. The molecule has 2 aromatic rings. The van der Waals surface area contributed by atoms with Gasteiger partial charge in [0.05, 0.1) is 5.56 Å². The lowest BCUT2D eigenvalue weighted by molar-refractivity contribution is 0.0981. The van der Waals surface area contributed by atoms with Crippen molar-refractivity contribution in [2.75, 3.05) is 11.4 Å². The Labute approximate surface area is 190 Å². The van der Waals surface area contributed by atoms with E-state index in [1.807, 2.05) is 13.0 Å². The second-order valence-electron chi connectivity index (χ2n) is 10.8. The van der Waals surface area contributed by atoms with Crippen molar-refractivity contribution in [1.29, 1.82) is 0 Å². The van der Waals surface area contributed by atoms with Crippen LogP contribution in [-0.2, 0) is 15.4 Å². The van der Waals surface area contributed by atoms with Gasteiger partial charge < -0.3 is 4.90 Å². The van der Waals surface area contributed by atoms with Crippen LogP contribution >= 0.6 is 0 Å². The predicted molar refractivity (Wildman–Crippen MR) is 123 cm³/mol. The van der Waals surface area contributed by atoms with Gasteiger partial charge in [-0.2, -0.15) is 13.5 Å². The molecule has 1 fully saturated rings. The Hall–Kier alpha value is -2.42. The molecule has 0 spiro atoms. The number of carbonyl (C=O) groups excluding carboxylic acids is 1. The van der Waals surface area contributed by atoms with Gasteiger partial charge in [-0.25, -0.2) is 9.71 Å². The smallest absolute Gasteiger partial charge is 0.283 e. The number of aromatic nitrogens is 3. The van der Waals surface area contributed by atoms with Crippen molar-refractivity contribution in [2.45, 2.75) is 82.8 Å². The van der Waals surface area contributed by atoms with Crippen LogP contribution in [0.2, 0.25) is 0 Å². The molecular weight excluding hydrogens is 426 g/mol. The first-order valence-electron chi connectivity index (χ1n) is 11.2. The van der Waals surface area contributed by atoms with Crippen LogP contribution in [0.15, 0.2) is 29.4 Å². The SMILES string of the molecule is CC1CCC2CN(c3nc(C(C)(C)C)ccc3C(=O)NS(=O)(=O)c3ccn1n3)C(C)(C)C2. The van der Waals surface area contributed by atoms with E-state index in [9.17, 15) is 13.2 Å². The monoisotopic (exact) mass is 459 g/mol. The van der Waals surface area contributed by atoms with Gasteiger partial charge in [-0.1, -0.05) is 20.8 Å². The molecule has 4 rings (SSSR count). The zero-order valence-electron chi connectivity index (χ0n) is 19.7. The minimum absolute atomic E-state index is 0.0626. The third-order valence-electron chi connectivity index (χ3n) is 6.63. The van der Waals surface area contributed by atoms with Crippen LogP contribution in [0.5, 0.6) is 0 Å². The van der Waals surface area contributed by atoms with Crippen molar-refractivity contribution in [3.63, 3.8) is 0 Å². The van der Waals surface area contributed by atoms with Crippen molar-refractivity contribution in [3.05, 3.63) is 35.7 Å². The molecule has 0 aliphatic carbocycles. The Kier molecular flexibility index (Phi) is 5.39. The summed E-state index contributed by atoms with van der Waals surface area (Å²) in [6.45, 7) is 13.4. The van der Waals surface area contributed by atoms with Gasteiger partial charge in [0, 0.05) is 35.4 Å². The minimum atomic E-state index is -4.10. The fourth-order valence-corrected chi connectivity index (χ4v) is 5.65. The van der Waals surface area contributed by atoms with Crippen LogP contribution in [0, 0.1) is 5.92 Å². The highest BCUT2D eigenvalue weighted by molar-refractivity contribution is 7.90. The number of nitrogens with one attached hydrogen (secondary N) is 1. The molecule has 9 heteroatoms. The number of sulfonamides is 1. The molecule has 1 amide bonds. The van der Waals surface area contributed by atoms with Crippen LogP contribution in [0.4, 0.5) is 5.82 Å². The average Bonchev–Trinajstić information content (AvgIpc) is 3.29. The van der Waals surface area contributed by atoms with Gasteiger partial charge in [0.25, 0.3) is 15.9 Å². The van der Waals surface area contributed by atoms with E-state index < -0.39 is 15.9 Å². The fourth-order valence-electron chi connectivity index (χ4n) is 4.75. The molecule has 0 radical (unpaired) electrons. The highest BCUT2D eigenvalue weighted by Gasteiger charge is 2.41. The molecule has 2 unspecified atom stereocenters. The Morgan fingerprint density at radius 3 is 2.56 bits per heavy atom. The maximum atomic E-state index is 13.2. The Morgan fingerprint density at radius 1 is 1.16 bits per heavy atom. The Bertz CT molecular complexity index is 1150. The summed E-state index contributed by atoms with van der Waals surface area (Å²) in [6.07, 6.45) is 4.53. The molecule has 0 aromatic carbocycles. The minimum Gasteiger partial charge on any atom is -0.351 e. The van der Waals surface area contributed by atoms with Gasteiger partial charge >= 0.3 is 0 Å². The van der Waals surface area contributed by atoms with E-state index in [1.54, 1.807) is 16.9 Å². The summed E-state index contributed by atoms with van der Waals surface area (Å²) < 4.78 is 29.7. The Morgan fingerprint density at radius 2 is 1.88 bits per heavy atom. The molecule has 32 heavy (non-hydrogen) atoms. The number of nitrogens with zero attached hydrogens (tertiary/aromatic N) is 4. The molecule has 1 saturated heterocycles. The van der Waals surface area contributed by atoms with E-state index in [0.29, 0.717) is 11.7 Å². The maximum absolute atomic E-state index is 13.2. The number of rotatable bonds is 0. The van der Waals surface area contributed by atoms with E-state index in [2.05, 4.69) is 49.3 Å². The number of hydrogen-bond acceptors (Lipinski definition) is 6. The highest BCUT2D eigenvalue weighted by Crippen LogP contribution is 2.40. The van der Waals surface area contributed by atoms with Gasteiger partial charge in [0.1, 0.15) is 5.82 Å². The Balaban J connectivity index is 1.86. The predicted octanol–water partition coefficient (Wildman–Crippen LogP) is 3.65. The largest absolute Gasteiger partial charge is 0.351 e. The zero-order valence-corrected chi connectivity index (χ0v) is 20.5. The number of fused-ring (bicyclic) bond motifs is 6. The number of amides is 1. The van der Waals surface area contributed by atoms with Crippen molar-refractivity contribution in [1.82, 2.24) is 19.5 Å². The molecule has 2 atom stereocenters. The lowest BCUT2D eigenvalue weighted by atomic mass is 9.91. The molecule has 0 saturated carbocycles. The normalized spacial score (nSPS) is 25.1. The van der Waals surface area contributed by atoms with Crippen LogP contribution < -0.4 is 9.62 Å². The van der Waals surface area contributed by atoms with Gasteiger partial charge in [-0.05, 0) is 64.2 Å². The molecule has 1 N–H and O–H groups in total. The van der Waals surface area contributed by atoms with Crippen LogP contribution in [0.1, 0.15) is 82.9 Å². The van der Waals surface area contributed by atoms with Crippen LogP contribution in [-0.4, -0.2) is 41.2 Å². The summed E-state index contributed by atoms with van der Waals surface area (Å²) in [5.41, 5.74) is 0.714. The van der Waals surface area contributed by atoms with Gasteiger partial charge in [0.15, 0.2) is 5.03 Å². The topological polar surface area (TPSA) is 97.2 Å². The number of hydrogen-bond donors (Lipinski definition) is 1. The van der Waals surface area contributed by atoms with E-state index in [4.69, 9.17) is 4.98 Å². The van der Waals surface area contributed by atoms with Crippen molar-refractivity contribution < 1.29 is 13.2 Å². The number of pyridine rings is 1. The molecular formula is C23H33N5O3S.